The van der Waals surface area contributed by atoms with E-state index in [4.69, 9.17) is 4.74 Å². The summed E-state index contributed by atoms with van der Waals surface area (Å²) < 4.78 is 5.06. The number of hydrogen-bond acceptors (Lipinski definition) is 3. The van der Waals surface area contributed by atoms with E-state index < -0.39 is 12.1 Å². The first-order valence-corrected chi connectivity index (χ1v) is 5.72. The van der Waals surface area contributed by atoms with Crippen LogP contribution in [0.4, 0.5) is 0 Å². The summed E-state index contributed by atoms with van der Waals surface area (Å²) in [7, 11) is 0. The Hall–Kier alpha value is -2.13. The molecule has 0 bridgehead atoms. The van der Waals surface area contributed by atoms with Crippen molar-refractivity contribution in [1.82, 2.24) is 0 Å². The zero-order valence-corrected chi connectivity index (χ0v) is 9.82. The molecule has 0 aliphatic rings. The number of rotatable bonds is 4. The smallest absolute Gasteiger partial charge is 0.338 e. The number of aliphatic hydroxyl groups excluding tert-OH is 1. The zero-order chi connectivity index (χ0) is 12.8. The first-order valence-electron chi connectivity index (χ1n) is 5.72. The van der Waals surface area contributed by atoms with Crippen LogP contribution in [0.1, 0.15) is 22.0 Å². The lowest BCUT2D eigenvalue weighted by atomic mass is 10.1. The molecule has 1 atom stereocenters. The third-order valence-corrected chi connectivity index (χ3v) is 2.57. The highest BCUT2D eigenvalue weighted by Gasteiger charge is 2.11. The second-order valence-electron chi connectivity index (χ2n) is 3.89. The average molecular weight is 242 g/mol. The van der Waals surface area contributed by atoms with Gasteiger partial charge in [-0.1, -0.05) is 48.5 Å². The maximum atomic E-state index is 11.6. The summed E-state index contributed by atoms with van der Waals surface area (Å²) >= 11 is 0. The highest BCUT2D eigenvalue weighted by Crippen LogP contribution is 2.13. The second kappa shape index (κ2) is 5.98. The Morgan fingerprint density at radius 2 is 1.56 bits per heavy atom. The molecule has 0 amide bonds. The van der Waals surface area contributed by atoms with Crippen LogP contribution in [0.25, 0.3) is 0 Å². The Morgan fingerprint density at radius 1 is 1.00 bits per heavy atom. The summed E-state index contributed by atoms with van der Waals surface area (Å²) in [6, 6.07) is 17.8. The molecule has 3 heteroatoms. The molecule has 0 heterocycles. The molecule has 0 aliphatic carbocycles. The number of hydrogen-bond donors (Lipinski definition) is 1. The lowest BCUT2D eigenvalue weighted by Gasteiger charge is -2.11. The molecule has 3 nitrogen and oxygen atoms in total. The SMILES string of the molecule is O=C(OCC(O)c1ccccc1)c1ccccc1. The van der Waals surface area contributed by atoms with Gasteiger partial charge in [0.1, 0.15) is 12.7 Å². The maximum absolute atomic E-state index is 11.6. The highest BCUT2D eigenvalue weighted by atomic mass is 16.5. The first-order chi connectivity index (χ1) is 8.77. The predicted octanol–water partition coefficient (Wildman–Crippen LogP) is 2.58. The van der Waals surface area contributed by atoms with Crippen LogP contribution < -0.4 is 0 Å². The Bertz CT molecular complexity index is 494. The maximum Gasteiger partial charge on any atom is 0.338 e. The summed E-state index contributed by atoms with van der Waals surface area (Å²) in [6.07, 6.45) is -0.793. The van der Waals surface area contributed by atoms with Crippen LogP contribution in [-0.2, 0) is 4.74 Å². The Kier molecular flexibility index (Phi) is 4.10. The molecular formula is C15H14O3. The standard InChI is InChI=1S/C15H14O3/c16-14(12-7-3-1-4-8-12)11-18-15(17)13-9-5-2-6-10-13/h1-10,14,16H,11H2. The molecule has 0 aromatic heterocycles. The van der Waals surface area contributed by atoms with Crippen molar-refractivity contribution in [1.29, 1.82) is 0 Å². The van der Waals surface area contributed by atoms with Gasteiger partial charge < -0.3 is 9.84 Å². The summed E-state index contributed by atoms with van der Waals surface area (Å²) in [5.74, 6) is -0.425. The minimum atomic E-state index is -0.793. The molecule has 0 fully saturated rings. The number of carbonyl (C=O) groups is 1. The summed E-state index contributed by atoms with van der Waals surface area (Å²) in [5.41, 5.74) is 1.22. The van der Waals surface area contributed by atoms with Crippen molar-refractivity contribution in [3.8, 4) is 0 Å². The van der Waals surface area contributed by atoms with Crippen LogP contribution in [0.3, 0.4) is 0 Å². The monoisotopic (exact) mass is 242 g/mol. The number of benzene rings is 2. The second-order valence-corrected chi connectivity index (χ2v) is 3.89. The minimum Gasteiger partial charge on any atom is -0.459 e. The quantitative estimate of drug-likeness (QED) is 0.838. The van der Waals surface area contributed by atoms with Crippen LogP contribution in [0.15, 0.2) is 60.7 Å². The van der Waals surface area contributed by atoms with Crippen LogP contribution in [0, 0.1) is 0 Å². The lowest BCUT2D eigenvalue weighted by molar-refractivity contribution is 0.0254. The molecule has 18 heavy (non-hydrogen) atoms. The van der Waals surface area contributed by atoms with Gasteiger partial charge in [0.2, 0.25) is 0 Å². The van der Waals surface area contributed by atoms with Gasteiger partial charge in [-0.15, -0.1) is 0 Å². The molecule has 0 radical (unpaired) electrons. The molecular weight excluding hydrogens is 228 g/mol. The van der Waals surface area contributed by atoms with Crippen molar-refractivity contribution in [2.45, 2.75) is 6.10 Å². The van der Waals surface area contributed by atoms with Crippen molar-refractivity contribution in [2.75, 3.05) is 6.61 Å². The summed E-state index contributed by atoms with van der Waals surface area (Å²) in [4.78, 5) is 11.6. The zero-order valence-electron chi connectivity index (χ0n) is 9.82. The Labute approximate surface area is 106 Å². The van der Waals surface area contributed by atoms with Gasteiger partial charge in [0, 0.05) is 0 Å². The number of esters is 1. The average Bonchev–Trinajstić information content (AvgIpc) is 2.46. The fourth-order valence-electron chi connectivity index (χ4n) is 1.58. The normalized spacial score (nSPS) is 11.8. The van der Waals surface area contributed by atoms with E-state index >= 15 is 0 Å². The third kappa shape index (κ3) is 3.18. The van der Waals surface area contributed by atoms with Gasteiger partial charge in [0.05, 0.1) is 5.56 Å². The van der Waals surface area contributed by atoms with E-state index in [1.807, 2.05) is 24.3 Å². The summed E-state index contributed by atoms with van der Waals surface area (Å²) in [6.45, 7) is -0.0439. The van der Waals surface area contributed by atoms with Crippen molar-refractivity contribution in [3.63, 3.8) is 0 Å². The molecule has 2 aromatic rings. The number of ether oxygens (including phenoxy) is 1. The van der Waals surface area contributed by atoms with Crippen molar-refractivity contribution < 1.29 is 14.6 Å². The molecule has 0 saturated heterocycles. The molecule has 92 valence electrons. The fraction of sp³-hybridized carbons (Fsp3) is 0.133. The van der Waals surface area contributed by atoms with Crippen molar-refractivity contribution in [3.05, 3.63) is 71.8 Å². The predicted molar refractivity (Wildman–Crippen MR) is 68.1 cm³/mol. The van der Waals surface area contributed by atoms with Gasteiger partial charge >= 0.3 is 5.97 Å². The van der Waals surface area contributed by atoms with Gasteiger partial charge in [0.25, 0.3) is 0 Å². The van der Waals surface area contributed by atoms with Crippen molar-refractivity contribution in [2.24, 2.45) is 0 Å². The molecule has 1 unspecified atom stereocenters. The van der Waals surface area contributed by atoms with E-state index in [1.165, 1.54) is 0 Å². The van der Waals surface area contributed by atoms with Gasteiger partial charge in [0.15, 0.2) is 0 Å². The fourth-order valence-corrected chi connectivity index (χ4v) is 1.58. The topological polar surface area (TPSA) is 46.5 Å². The van der Waals surface area contributed by atoms with Gasteiger partial charge in [-0.3, -0.25) is 0 Å². The number of carbonyl (C=O) groups excluding carboxylic acids is 1. The van der Waals surface area contributed by atoms with E-state index in [0.29, 0.717) is 5.56 Å². The minimum absolute atomic E-state index is 0.0439. The molecule has 2 rings (SSSR count). The lowest BCUT2D eigenvalue weighted by Crippen LogP contribution is -2.12. The molecule has 0 saturated carbocycles. The van der Waals surface area contributed by atoms with E-state index in [1.54, 1.807) is 36.4 Å². The first kappa shape index (κ1) is 12.3. The molecule has 2 aromatic carbocycles. The van der Waals surface area contributed by atoms with Gasteiger partial charge in [-0.25, -0.2) is 4.79 Å². The van der Waals surface area contributed by atoms with Gasteiger partial charge in [-0.05, 0) is 17.7 Å². The third-order valence-electron chi connectivity index (χ3n) is 2.57. The molecule has 0 aliphatic heterocycles. The van der Waals surface area contributed by atoms with Gasteiger partial charge in [-0.2, -0.15) is 0 Å². The Balaban J connectivity index is 1.91. The van der Waals surface area contributed by atoms with Crippen LogP contribution in [-0.4, -0.2) is 17.7 Å². The van der Waals surface area contributed by atoms with E-state index in [2.05, 4.69) is 0 Å². The Morgan fingerprint density at radius 3 is 2.17 bits per heavy atom. The molecule has 1 N–H and O–H groups in total. The summed E-state index contributed by atoms with van der Waals surface area (Å²) in [5, 5.41) is 9.84. The van der Waals surface area contributed by atoms with Crippen LogP contribution in [0.5, 0.6) is 0 Å². The number of aliphatic hydroxyl groups is 1. The van der Waals surface area contributed by atoms with Crippen molar-refractivity contribution >= 4 is 5.97 Å². The van der Waals surface area contributed by atoms with Crippen LogP contribution in [0.2, 0.25) is 0 Å². The van der Waals surface area contributed by atoms with E-state index in [0.717, 1.165) is 5.56 Å². The largest absolute Gasteiger partial charge is 0.459 e. The molecule has 0 spiro atoms. The van der Waals surface area contributed by atoms with E-state index in [9.17, 15) is 9.90 Å². The highest BCUT2D eigenvalue weighted by molar-refractivity contribution is 5.89. The van der Waals surface area contributed by atoms with Crippen LogP contribution >= 0.6 is 0 Å². The van der Waals surface area contributed by atoms with E-state index in [-0.39, 0.29) is 6.61 Å².